The Hall–Kier alpha value is -0.930. The number of hydrogen-bond acceptors (Lipinski definition) is 3. The average molecular weight is 212 g/mol. The third-order valence-electron chi connectivity index (χ3n) is 2.55. The van der Waals surface area contributed by atoms with Gasteiger partial charge in [-0.2, -0.15) is 0 Å². The fraction of sp³-hybridized carbons (Fsp3) is 0.400. The van der Waals surface area contributed by atoms with Gasteiger partial charge in [0.2, 0.25) is 0 Å². The SMILES string of the molecule is Nc1cc(Cl)ccc1N1CCC(N)C1. The predicted octanol–water partition coefficient (Wildman–Crippen LogP) is 1.46. The summed E-state index contributed by atoms with van der Waals surface area (Å²) in [4.78, 5) is 2.20. The maximum atomic E-state index is 5.88. The first kappa shape index (κ1) is 9.62. The first-order chi connectivity index (χ1) is 6.66. The van der Waals surface area contributed by atoms with Crippen LogP contribution in [0.3, 0.4) is 0 Å². The van der Waals surface area contributed by atoms with Crippen LogP contribution in [0.4, 0.5) is 11.4 Å². The highest BCUT2D eigenvalue weighted by Gasteiger charge is 2.20. The van der Waals surface area contributed by atoms with Crippen LogP contribution in [0.15, 0.2) is 18.2 Å². The molecular formula is C10H14ClN3. The molecule has 14 heavy (non-hydrogen) atoms. The minimum atomic E-state index is 0.269. The number of rotatable bonds is 1. The highest BCUT2D eigenvalue weighted by Crippen LogP contribution is 2.28. The Bertz CT molecular complexity index is 340. The molecule has 0 spiro atoms. The molecule has 0 amide bonds. The molecule has 4 heteroatoms. The van der Waals surface area contributed by atoms with Crippen LogP contribution in [0.2, 0.25) is 5.02 Å². The van der Waals surface area contributed by atoms with Crippen molar-refractivity contribution in [3.63, 3.8) is 0 Å². The fourth-order valence-electron chi connectivity index (χ4n) is 1.82. The Kier molecular flexibility index (Phi) is 2.52. The summed E-state index contributed by atoms with van der Waals surface area (Å²) in [5.41, 5.74) is 13.5. The van der Waals surface area contributed by atoms with Gasteiger partial charge in [-0.1, -0.05) is 11.6 Å². The van der Waals surface area contributed by atoms with E-state index in [2.05, 4.69) is 4.90 Å². The molecule has 0 radical (unpaired) electrons. The first-order valence-electron chi connectivity index (χ1n) is 4.72. The van der Waals surface area contributed by atoms with Gasteiger partial charge in [-0.3, -0.25) is 0 Å². The van der Waals surface area contributed by atoms with E-state index in [0.717, 1.165) is 30.9 Å². The Labute approximate surface area is 88.6 Å². The van der Waals surface area contributed by atoms with Gasteiger partial charge in [0.15, 0.2) is 0 Å². The van der Waals surface area contributed by atoms with Crippen molar-refractivity contribution in [3.05, 3.63) is 23.2 Å². The summed E-state index contributed by atoms with van der Waals surface area (Å²) in [6.45, 7) is 1.86. The highest BCUT2D eigenvalue weighted by molar-refractivity contribution is 6.31. The van der Waals surface area contributed by atoms with Crippen molar-refractivity contribution in [1.82, 2.24) is 0 Å². The maximum Gasteiger partial charge on any atom is 0.0601 e. The van der Waals surface area contributed by atoms with Gasteiger partial charge >= 0.3 is 0 Å². The van der Waals surface area contributed by atoms with Crippen LogP contribution in [0.5, 0.6) is 0 Å². The summed E-state index contributed by atoms with van der Waals surface area (Å²) in [5, 5.41) is 0.676. The highest BCUT2D eigenvalue weighted by atomic mass is 35.5. The molecule has 0 aliphatic carbocycles. The monoisotopic (exact) mass is 211 g/mol. The van der Waals surface area contributed by atoms with E-state index >= 15 is 0 Å². The number of nitrogens with zero attached hydrogens (tertiary/aromatic N) is 1. The second-order valence-corrected chi connectivity index (χ2v) is 4.13. The van der Waals surface area contributed by atoms with Crippen LogP contribution in [0.25, 0.3) is 0 Å². The van der Waals surface area contributed by atoms with Crippen LogP contribution in [0, 0.1) is 0 Å². The lowest BCUT2D eigenvalue weighted by Gasteiger charge is -2.20. The Morgan fingerprint density at radius 1 is 1.43 bits per heavy atom. The van der Waals surface area contributed by atoms with E-state index in [-0.39, 0.29) is 6.04 Å². The summed E-state index contributed by atoms with van der Waals surface area (Å²) >= 11 is 5.83. The van der Waals surface area contributed by atoms with Crippen LogP contribution >= 0.6 is 11.6 Å². The molecule has 1 fully saturated rings. The van der Waals surface area contributed by atoms with Gasteiger partial charge in [0.25, 0.3) is 0 Å². The van der Waals surface area contributed by atoms with E-state index in [1.54, 1.807) is 6.07 Å². The topological polar surface area (TPSA) is 55.3 Å². The molecule has 4 N–H and O–H groups in total. The zero-order valence-corrected chi connectivity index (χ0v) is 8.67. The molecule has 3 nitrogen and oxygen atoms in total. The number of halogens is 1. The summed E-state index contributed by atoms with van der Waals surface area (Å²) in [6.07, 6.45) is 1.03. The minimum Gasteiger partial charge on any atom is -0.397 e. The lowest BCUT2D eigenvalue weighted by atomic mass is 10.2. The Morgan fingerprint density at radius 3 is 2.79 bits per heavy atom. The maximum absolute atomic E-state index is 5.88. The zero-order valence-electron chi connectivity index (χ0n) is 7.91. The van der Waals surface area contributed by atoms with Crippen molar-refractivity contribution in [2.75, 3.05) is 23.7 Å². The first-order valence-corrected chi connectivity index (χ1v) is 5.10. The molecule has 1 saturated heterocycles. The van der Waals surface area contributed by atoms with Gasteiger partial charge in [-0.25, -0.2) is 0 Å². The van der Waals surface area contributed by atoms with Gasteiger partial charge in [0, 0.05) is 24.2 Å². The van der Waals surface area contributed by atoms with E-state index < -0.39 is 0 Å². The van der Waals surface area contributed by atoms with Crippen LogP contribution < -0.4 is 16.4 Å². The van der Waals surface area contributed by atoms with Crippen molar-refractivity contribution < 1.29 is 0 Å². The molecule has 1 heterocycles. The second-order valence-electron chi connectivity index (χ2n) is 3.70. The molecule has 2 rings (SSSR count). The van der Waals surface area contributed by atoms with Gasteiger partial charge in [0.1, 0.15) is 0 Å². The lowest BCUT2D eigenvalue weighted by molar-refractivity contribution is 0.752. The Morgan fingerprint density at radius 2 is 2.21 bits per heavy atom. The van der Waals surface area contributed by atoms with Crippen molar-refractivity contribution in [3.8, 4) is 0 Å². The van der Waals surface area contributed by atoms with E-state index in [0.29, 0.717) is 5.02 Å². The molecule has 1 aromatic rings. The quantitative estimate of drug-likeness (QED) is 0.692. The van der Waals surface area contributed by atoms with Gasteiger partial charge in [-0.05, 0) is 24.6 Å². The third kappa shape index (κ3) is 1.79. The largest absolute Gasteiger partial charge is 0.397 e. The van der Waals surface area contributed by atoms with Gasteiger partial charge in [0.05, 0.1) is 11.4 Å². The van der Waals surface area contributed by atoms with Crippen molar-refractivity contribution in [1.29, 1.82) is 0 Å². The molecule has 76 valence electrons. The van der Waals surface area contributed by atoms with Crippen LogP contribution in [-0.2, 0) is 0 Å². The summed E-state index contributed by atoms with van der Waals surface area (Å²) in [6, 6.07) is 5.86. The molecule has 1 atom stereocenters. The second kappa shape index (κ2) is 3.67. The predicted molar refractivity (Wildman–Crippen MR) is 60.7 cm³/mol. The summed E-state index contributed by atoms with van der Waals surface area (Å²) in [5.74, 6) is 0. The van der Waals surface area contributed by atoms with Crippen molar-refractivity contribution in [2.45, 2.75) is 12.5 Å². The number of nitrogen functional groups attached to an aromatic ring is 1. The molecule has 1 aliphatic rings. The zero-order chi connectivity index (χ0) is 10.1. The molecule has 0 bridgehead atoms. The molecule has 1 aliphatic heterocycles. The number of hydrogen-bond donors (Lipinski definition) is 2. The number of benzene rings is 1. The van der Waals surface area contributed by atoms with E-state index in [4.69, 9.17) is 23.1 Å². The smallest absolute Gasteiger partial charge is 0.0601 e. The normalized spacial score (nSPS) is 21.6. The van der Waals surface area contributed by atoms with Crippen LogP contribution in [0.1, 0.15) is 6.42 Å². The summed E-state index contributed by atoms with van der Waals surface area (Å²) < 4.78 is 0. The summed E-state index contributed by atoms with van der Waals surface area (Å²) in [7, 11) is 0. The van der Waals surface area contributed by atoms with Gasteiger partial charge < -0.3 is 16.4 Å². The van der Waals surface area contributed by atoms with Crippen molar-refractivity contribution in [2.24, 2.45) is 5.73 Å². The fourth-order valence-corrected chi connectivity index (χ4v) is 2.00. The minimum absolute atomic E-state index is 0.269. The molecule has 0 saturated carbocycles. The van der Waals surface area contributed by atoms with E-state index in [1.165, 1.54) is 0 Å². The van der Waals surface area contributed by atoms with Crippen molar-refractivity contribution >= 4 is 23.0 Å². The van der Waals surface area contributed by atoms with E-state index in [9.17, 15) is 0 Å². The molecular weight excluding hydrogens is 198 g/mol. The standard InChI is InChI=1S/C10H14ClN3/c11-7-1-2-10(9(13)5-7)14-4-3-8(12)6-14/h1-2,5,8H,3-4,6,12-13H2. The van der Waals surface area contributed by atoms with E-state index in [1.807, 2.05) is 12.1 Å². The Balaban J connectivity index is 2.24. The molecule has 1 aromatic carbocycles. The van der Waals surface area contributed by atoms with Crippen LogP contribution in [-0.4, -0.2) is 19.1 Å². The molecule has 0 aromatic heterocycles. The average Bonchev–Trinajstić information content (AvgIpc) is 2.51. The number of nitrogens with two attached hydrogens (primary N) is 2. The van der Waals surface area contributed by atoms with Gasteiger partial charge in [-0.15, -0.1) is 0 Å². The third-order valence-corrected chi connectivity index (χ3v) is 2.79. The number of anilines is 2. The lowest BCUT2D eigenvalue weighted by Crippen LogP contribution is -2.26. The molecule has 1 unspecified atom stereocenters.